The molecule has 1 aliphatic heterocycles. The van der Waals surface area contributed by atoms with E-state index in [-0.39, 0.29) is 12.5 Å². The maximum absolute atomic E-state index is 12.5. The molecule has 1 aromatic carbocycles. The Hall–Kier alpha value is -2.08. The Morgan fingerprint density at radius 1 is 1.38 bits per heavy atom. The van der Waals surface area contributed by atoms with Gasteiger partial charge in [-0.1, -0.05) is 31.5 Å². The quantitative estimate of drug-likeness (QED) is 0.773. The van der Waals surface area contributed by atoms with Crippen LogP contribution in [0.1, 0.15) is 33.6 Å². The lowest BCUT2D eigenvalue weighted by atomic mass is 9.92. The number of carbonyl (C=O) groups is 3. The van der Waals surface area contributed by atoms with E-state index >= 15 is 0 Å². The molecule has 6 nitrogen and oxygen atoms in total. The number of carbonyl (C=O) groups excluding carboxylic acids is 3. The van der Waals surface area contributed by atoms with E-state index in [2.05, 4.69) is 24.5 Å². The van der Waals surface area contributed by atoms with E-state index in [1.54, 1.807) is 31.2 Å². The fourth-order valence-electron chi connectivity index (χ4n) is 2.55. The van der Waals surface area contributed by atoms with Crippen molar-refractivity contribution in [2.75, 3.05) is 11.9 Å². The van der Waals surface area contributed by atoms with Crippen molar-refractivity contribution >= 4 is 35.1 Å². The van der Waals surface area contributed by atoms with Crippen molar-refractivity contribution in [1.82, 2.24) is 10.2 Å². The maximum atomic E-state index is 12.5. The summed E-state index contributed by atoms with van der Waals surface area (Å²) in [5, 5.41) is 5.82. The summed E-state index contributed by atoms with van der Waals surface area (Å²) >= 11 is 5.86. The molecule has 2 rings (SSSR count). The van der Waals surface area contributed by atoms with Crippen molar-refractivity contribution in [1.29, 1.82) is 0 Å². The van der Waals surface area contributed by atoms with Crippen LogP contribution < -0.4 is 10.6 Å². The van der Waals surface area contributed by atoms with Crippen molar-refractivity contribution in [3.05, 3.63) is 29.3 Å². The van der Waals surface area contributed by atoms with Gasteiger partial charge in [-0.3, -0.25) is 14.5 Å². The number of hydrogen-bond donors (Lipinski definition) is 2. The maximum Gasteiger partial charge on any atom is 0.325 e. The van der Waals surface area contributed by atoms with Crippen molar-refractivity contribution in [2.24, 2.45) is 5.92 Å². The van der Waals surface area contributed by atoms with Gasteiger partial charge in [-0.05, 0) is 43.9 Å². The summed E-state index contributed by atoms with van der Waals surface area (Å²) in [5.74, 6) is -0.394. The van der Waals surface area contributed by atoms with Gasteiger partial charge in [0, 0.05) is 10.7 Å². The van der Waals surface area contributed by atoms with E-state index in [0.717, 1.165) is 11.3 Å². The van der Waals surface area contributed by atoms with E-state index in [1.165, 1.54) is 0 Å². The molecule has 0 aromatic heterocycles. The lowest BCUT2D eigenvalue weighted by Gasteiger charge is -2.22. The number of amides is 4. The van der Waals surface area contributed by atoms with Crippen molar-refractivity contribution in [3.63, 3.8) is 0 Å². The fourth-order valence-corrected chi connectivity index (χ4v) is 2.74. The van der Waals surface area contributed by atoms with Gasteiger partial charge in [0.25, 0.3) is 5.91 Å². The van der Waals surface area contributed by atoms with E-state index in [0.29, 0.717) is 23.0 Å². The minimum Gasteiger partial charge on any atom is -0.324 e. The lowest BCUT2D eigenvalue weighted by molar-refractivity contribution is -0.133. The summed E-state index contributed by atoms with van der Waals surface area (Å²) in [4.78, 5) is 37.7. The Labute approximate surface area is 146 Å². The predicted molar refractivity (Wildman–Crippen MR) is 92.8 cm³/mol. The summed E-state index contributed by atoms with van der Waals surface area (Å²) < 4.78 is 0. The molecule has 0 spiro atoms. The van der Waals surface area contributed by atoms with Crippen LogP contribution >= 0.6 is 11.6 Å². The second kappa shape index (κ2) is 7.21. The third kappa shape index (κ3) is 4.26. The summed E-state index contributed by atoms with van der Waals surface area (Å²) in [6, 6.07) is 6.14. The highest BCUT2D eigenvalue weighted by atomic mass is 35.5. The van der Waals surface area contributed by atoms with Crippen LogP contribution in [-0.2, 0) is 9.59 Å². The van der Waals surface area contributed by atoms with Gasteiger partial charge in [-0.25, -0.2) is 4.79 Å². The summed E-state index contributed by atoms with van der Waals surface area (Å²) in [5.41, 5.74) is -0.431. The number of anilines is 1. The van der Waals surface area contributed by atoms with Gasteiger partial charge in [-0.2, -0.15) is 0 Å². The highest BCUT2D eigenvalue weighted by Gasteiger charge is 2.47. The largest absolute Gasteiger partial charge is 0.325 e. The first-order chi connectivity index (χ1) is 11.2. The first-order valence-corrected chi connectivity index (χ1v) is 8.28. The van der Waals surface area contributed by atoms with Crippen LogP contribution in [0.15, 0.2) is 24.3 Å². The molecule has 0 aliphatic carbocycles. The number of halogens is 1. The molecule has 1 unspecified atom stereocenters. The first-order valence-electron chi connectivity index (χ1n) is 7.91. The van der Waals surface area contributed by atoms with Gasteiger partial charge in [0.1, 0.15) is 12.1 Å². The second-order valence-corrected chi connectivity index (χ2v) is 7.08. The Bertz CT molecular complexity index is 662. The molecule has 0 saturated carbocycles. The molecule has 1 aromatic rings. The third-order valence-corrected chi connectivity index (χ3v) is 4.21. The van der Waals surface area contributed by atoms with E-state index in [4.69, 9.17) is 11.6 Å². The topological polar surface area (TPSA) is 78.5 Å². The summed E-state index contributed by atoms with van der Waals surface area (Å²) in [6.07, 6.45) is 1.35. The van der Waals surface area contributed by atoms with Gasteiger partial charge in [-0.15, -0.1) is 0 Å². The van der Waals surface area contributed by atoms with Crippen molar-refractivity contribution in [2.45, 2.75) is 39.2 Å². The highest BCUT2D eigenvalue weighted by molar-refractivity contribution is 6.30. The highest BCUT2D eigenvalue weighted by Crippen LogP contribution is 2.24. The normalized spacial score (nSPS) is 20.5. The van der Waals surface area contributed by atoms with E-state index in [1.807, 2.05) is 0 Å². The molecule has 4 amide bonds. The number of urea groups is 1. The molecule has 1 saturated heterocycles. The smallest absolute Gasteiger partial charge is 0.324 e. The molecule has 1 atom stereocenters. The molecule has 130 valence electrons. The van der Waals surface area contributed by atoms with Crippen LogP contribution in [0.3, 0.4) is 0 Å². The Balaban J connectivity index is 2.00. The minimum atomic E-state index is -0.947. The molecular formula is C17H22ClN3O3. The van der Waals surface area contributed by atoms with Gasteiger partial charge in [0.05, 0.1) is 0 Å². The van der Waals surface area contributed by atoms with Crippen molar-refractivity contribution < 1.29 is 14.4 Å². The molecule has 7 heteroatoms. The molecule has 1 fully saturated rings. The van der Waals surface area contributed by atoms with Crippen LogP contribution in [0.2, 0.25) is 5.02 Å². The zero-order valence-electron chi connectivity index (χ0n) is 14.1. The monoisotopic (exact) mass is 351 g/mol. The first kappa shape index (κ1) is 18.3. The number of imide groups is 1. The molecule has 2 N–H and O–H groups in total. The van der Waals surface area contributed by atoms with Crippen LogP contribution in [0.5, 0.6) is 0 Å². The third-order valence-electron chi connectivity index (χ3n) is 3.98. The SMILES string of the molecule is CC(C)CCC1(C)NC(=O)N(CC(=O)Nc2cccc(Cl)c2)C1=O. The van der Waals surface area contributed by atoms with Gasteiger partial charge in [0.2, 0.25) is 5.91 Å². The zero-order chi connectivity index (χ0) is 17.9. The molecule has 1 aliphatic rings. The Morgan fingerprint density at radius 3 is 2.71 bits per heavy atom. The van der Waals surface area contributed by atoms with Crippen LogP contribution in [0.25, 0.3) is 0 Å². The number of hydrogen-bond acceptors (Lipinski definition) is 3. The average molecular weight is 352 g/mol. The zero-order valence-corrected chi connectivity index (χ0v) is 14.8. The molecule has 0 radical (unpaired) electrons. The average Bonchev–Trinajstić information content (AvgIpc) is 2.69. The van der Waals surface area contributed by atoms with Gasteiger partial charge >= 0.3 is 6.03 Å². The Morgan fingerprint density at radius 2 is 2.08 bits per heavy atom. The molecular weight excluding hydrogens is 330 g/mol. The number of benzene rings is 1. The minimum absolute atomic E-state index is 0.325. The Kier molecular flexibility index (Phi) is 5.49. The number of nitrogens with zero attached hydrogens (tertiary/aromatic N) is 1. The molecule has 24 heavy (non-hydrogen) atoms. The molecule has 0 bridgehead atoms. The standard InChI is InChI=1S/C17H22ClN3O3/c1-11(2)7-8-17(3)15(23)21(16(24)20-17)10-14(22)19-13-6-4-5-12(18)9-13/h4-6,9,11H,7-8,10H2,1-3H3,(H,19,22)(H,20,24). The number of nitrogens with one attached hydrogen (secondary N) is 2. The van der Waals surface area contributed by atoms with E-state index in [9.17, 15) is 14.4 Å². The van der Waals surface area contributed by atoms with Crippen LogP contribution in [-0.4, -0.2) is 34.8 Å². The van der Waals surface area contributed by atoms with Gasteiger partial charge in [0.15, 0.2) is 0 Å². The van der Waals surface area contributed by atoms with Gasteiger partial charge < -0.3 is 10.6 Å². The van der Waals surface area contributed by atoms with Crippen LogP contribution in [0.4, 0.5) is 10.5 Å². The lowest BCUT2D eigenvalue weighted by Crippen LogP contribution is -2.44. The molecule has 1 heterocycles. The summed E-state index contributed by atoms with van der Waals surface area (Å²) in [7, 11) is 0. The number of rotatable bonds is 6. The van der Waals surface area contributed by atoms with Crippen LogP contribution in [0, 0.1) is 5.92 Å². The second-order valence-electron chi connectivity index (χ2n) is 6.64. The predicted octanol–water partition coefficient (Wildman–Crippen LogP) is 3.03. The van der Waals surface area contributed by atoms with E-state index < -0.39 is 17.5 Å². The van der Waals surface area contributed by atoms with Crippen molar-refractivity contribution in [3.8, 4) is 0 Å². The summed E-state index contributed by atoms with van der Waals surface area (Å²) in [6.45, 7) is 5.49. The fraction of sp³-hybridized carbons (Fsp3) is 0.471.